The molecule has 0 aliphatic rings. The lowest BCUT2D eigenvalue weighted by molar-refractivity contribution is -0.384. The zero-order valence-corrected chi connectivity index (χ0v) is 10.8. The molecule has 1 N–H and O–H groups in total. The van der Waals surface area contributed by atoms with E-state index in [2.05, 4.69) is 5.32 Å². The molecule has 0 bridgehead atoms. The maximum atomic E-state index is 12.0. The van der Waals surface area contributed by atoms with Gasteiger partial charge in [0.1, 0.15) is 0 Å². The molecular formula is C12H15N3O4. The molecule has 0 spiro atoms. The third-order valence-corrected chi connectivity index (χ3v) is 2.60. The first-order valence-corrected chi connectivity index (χ1v) is 5.66. The van der Waals surface area contributed by atoms with Gasteiger partial charge in [-0.1, -0.05) is 6.07 Å². The number of non-ortho nitro benzene ring substituents is 1. The number of hydrogen-bond acceptors (Lipinski definition) is 4. The van der Waals surface area contributed by atoms with Crippen LogP contribution in [0, 0.1) is 10.1 Å². The highest BCUT2D eigenvalue weighted by atomic mass is 16.6. The van der Waals surface area contributed by atoms with E-state index in [4.69, 9.17) is 0 Å². The van der Waals surface area contributed by atoms with E-state index in [1.165, 1.54) is 36.2 Å². The second kappa shape index (κ2) is 6.48. The number of carbonyl (C=O) groups excluding carboxylic acids is 2. The van der Waals surface area contributed by atoms with Crippen molar-refractivity contribution in [2.45, 2.75) is 6.42 Å². The first-order chi connectivity index (χ1) is 8.95. The maximum absolute atomic E-state index is 12.0. The van der Waals surface area contributed by atoms with E-state index in [0.29, 0.717) is 0 Å². The minimum atomic E-state index is -0.554. The van der Waals surface area contributed by atoms with Gasteiger partial charge < -0.3 is 10.2 Å². The van der Waals surface area contributed by atoms with Crippen LogP contribution in [0.5, 0.6) is 0 Å². The lowest BCUT2D eigenvalue weighted by Gasteiger charge is -2.16. The van der Waals surface area contributed by atoms with Gasteiger partial charge in [-0.2, -0.15) is 0 Å². The van der Waals surface area contributed by atoms with Crippen LogP contribution in [-0.2, 0) is 4.79 Å². The Morgan fingerprint density at radius 3 is 2.68 bits per heavy atom. The molecule has 0 aliphatic carbocycles. The molecule has 0 heterocycles. The first-order valence-electron chi connectivity index (χ1n) is 5.66. The fourth-order valence-corrected chi connectivity index (χ4v) is 1.47. The predicted molar refractivity (Wildman–Crippen MR) is 68.7 cm³/mol. The van der Waals surface area contributed by atoms with Crippen molar-refractivity contribution in [2.24, 2.45) is 0 Å². The SMILES string of the molecule is CNC(=O)CCN(C)C(=O)c1cccc([N+](=O)[O-])c1. The summed E-state index contributed by atoms with van der Waals surface area (Å²) < 4.78 is 0. The van der Waals surface area contributed by atoms with Crippen LogP contribution in [0.2, 0.25) is 0 Å². The molecule has 1 rings (SSSR count). The van der Waals surface area contributed by atoms with Crippen LogP contribution in [0.4, 0.5) is 5.69 Å². The lowest BCUT2D eigenvalue weighted by Crippen LogP contribution is -2.31. The van der Waals surface area contributed by atoms with Gasteiger partial charge in [0.25, 0.3) is 11.6 Å². The third kappa shape index (κ3) is 4.06. The average Bonchev–Trinajstić information content (AvgIpc) is 2.43. The number of amides is 2. The van der Waals surface area contributed by atoms with E-state index >= 15 is 0 Å². The van der Waals surface area contributed by atoms with Gasteiger partial charge >= 0.3 is 0 Å². The summed E-state index contributed by atoms with van der Waals surface area (Å²) in [7, 11) is 3.06. The number of nitrogens with zero attached hydrogens (tertiary/aromatic N) is 2. The summed E-state index contributed by atoms with van der Waals surface area (Å²) >= 11 is 0. The maximum Gasteiger partial charge on any atom is 0.270 e. The number of rotatable bonds is 5. The molecule has 1 aromatic carbocycles. The number of nitrogens with one attached hydrogen (secondary N) is 1. The van der Waals surface area contributed by atoms with E-state index in [9.17, 15) is 19.7 Å². The minimum absolute atomic E-state index is 0.134. The Labute approximate surface area is 110 Å². The molecule has 0 radical (unpaired) electrons. The normalized spacial score (nSPS) is 9.79. The molecule has 102 valence electrons. The molecule has 0 aliphatic heterocycles. The van der Waals surface area contributed by atoms with Crippen molar-refractivity contribution in [3.8, 4) is 0 Å². The average molecular weight is 265 g/mol. The predicted octanol–water partition coefficient (Wildman–Crippen LogP) is 0.803. The van der Waals surface area contributed by atoms with Crippen LogP contribution in [0.25, 0.3) is 0 Å². The highest BCUT2D eigenvalue weighted by Crippen LogP contribution is 2.14. The highest BCUT2D eigenvalue weighted by Gasteiger charge is 2.15. The molecule has 2 amide bonds. The van der Waals surface area contributed by atoms with Crippen molar-refractivity contribution in [1.29, 1.82) is 0 Å². The van der Waals surface area contributed by atoms with E-state index in [1.807, 2.05) is 0 Å². The largest absolute Gasteiger partial charge is 0.359 e. The van der Waals surface area contributed by atoms with Crippen LogP contribution in [0.1, 0.15) is 16.8 Å². The van der Waals surface area contributed by atoms with Gasteiger partial charge in [-0.3, -0.25) is 19.7 Å². The summed E-state index contributed by atoms with van der Waals surface area (Å²) in [5.41, 5.74) is 0.0964. The van der Waals surface area contributed by atoms with Crippen LogP contribution in [-0.4, -0.2) is 42.3 Å². The van der Waals surface area contributed by atoms with Gasteiger partial charge in [0.05, 0.1) is 4.92 Å². The number of benzene rings is 1. The van der Waals surface area contributed by atoms with Gasteiger partial charge in [0, 0.05) is 44.8 Å². The second-order valence-corrected chi connectivity index (χ2v) is 3.96. The summed E-state index contributed by atoms with van der Waals surface area (Å²) in [4.78, 5) is 34.5. The number of nitro groups is 1. The Balaban J connectivity index is 2.74. The van der Waals surface area contributed by atoms with Crippen LogP contribution in [0.3, 0.4) is 0 Å². The summed E-state index contributed by atoms with van der Waals surface area (Å²) in [6, 6.07) is 5.50. The number of hydrogen-bond donors (Lipinski definition) is 1. The minimum Gasteiger partial charge on any atom is -0.359 e. The van der Waals surface area contributed by atoms with Crippen molar-refractivity contribution in [3.05, 3.63) is 39.9 Å². The molecule has 0 saturated carbocycles. The molecule has 0 unspecified atom stereocenters. The van der Waals surface area contributed by atoms with Crippen molar-refractivity contribution in [2.75, 3.05) is 20.6 Å². The van der Waals surface area contributed by atoms with Crippen molar-refractivity contribution < 1.29 is 14.5 Å². The van der Waals surface area contributed by atoms with Crippen LogP contribution in [0.15, 0.2) is 24.3 Å². The van der Waals surface area contributed by atoms with E-state index in [0.717, 1.165) is 0 Å². The Morgan fingerprint density at radius 2 is 2.11 bits per heavy atom. The Kier molecular flexibility index (Phi) is 4.99. The first kappa shape index (κ1) is 14.6. The highest BCUT2D eigenvalue weighted by molar-refractivity contribution is 5.94. The molecule has 0 saturated heterocycles. The Morgan fingerprint density at radius 1 is 1.42 bits per heavy atom. The molecular weight excluding hydrogens is 250 g/mol. The molecule has 0 atom stereocenters. The van der Waals surface area contributed by atoms with Crippen LogP contribution < -0.4 is 5.32 Å². The molecule has 1 aromatic rings. The van der Waals surface area contributed by atoms with Crippen molar-refractivity contribution in [1.82, 2.24) is 10.2 Å². The number of carbonyl (C=O) groups is 2. The monoisotopic (exact) mass is 265 g/mol. The van der Waals surface area contributed by atoms with E-state index < -0.39 is 4.92 Å². The standard InChI is InChI=1S/C12H15N3O4/c1-13-11(16)6-7-14(2)12(17)9-4-3-5-10(8-9)15(18)19/h3-5,8H,6-7H2,1-2H3,(H,13,16). The third-order valence-electron chi connectivity index (χ3n) is 2.60. The van der Waals surface area contributed by atoms with E-state index in [1.54, 1.807) is 7.05 Å². The van der Waals surface area contributed by atoms with Crippen LogP contribution >= 0.6 is 0 Å². The fourth-order valence-electron chi connectivity index (χ4n) is 1.47. The molecule has 0 fully saturated rings. The zero-order chi connectivity index (χ0) is 14.4. The summed E-state index contributed by atoms with van der Waals surface area (Å²) in [6.45, 7) is 0.251. The second-order valence-electron chi connectivity index (χ2n) is 3.96. The summed E-state index contributed by atoms with van der Waals surface area (Å²) in [5.74, 6) is -0.522. The Bertz CT molecular complexity index is 502. The quantitative estimate of drug-likeness (QED) is 0.629. The van der Waals surface area contributed by atoms with Crippen molar-refractivity contribution in [3.63, 3.8) is 0 Å². The van der Waals surface area contributed by atoms with E-state index in [-0.39, 0.29) is 36.0 Å². The summed E-state index contributed by atoms with van der Waals surface area (Å²) in [6.07, 6.45) is 0.188. The van der Waals surface area contributed by atoms with Gasteiger partial charge in [-0.05, 0) is 6.07 Å². The fraction of sp³-hybridized carbons (Fsp3) is 0.333. The smallest absolute Gasteiger partial charge is 0.270 e. The topological polar surface area (TPSA) is 92.6 Å². The lowest BCUT2D eigenvalue weighted by atomic mass is 10.2. The molecule has 7 heteroatoms. The Hall–Kier alpha value is -2.44. The van der Waals surface area contributed by atoms with Gasteiger partial charge in [0.15, 0.2) is 0 Å². The van der Waals surface area contributed by atoms with Gasteiger partial charge in [0.2, 0.25) is 5.91 Å². The van der Waals surface area contributed by atoms with Crippen molar-refractivity contribution >= 4 is 17.5 Å². The number of nitro benzene ring substituents is 1. The molecule has 7 nitrogen and oxygen atoms in total. The summed E-state index contributed by atoms with van der Waals surface area (Å²) in [5, 5.41) is 13.1. The molecule has 19 heavy (non-hydrogen) atoms. The molecule has 0 aromatic heterocycles. The van der Waals surface area contributed by atoms with Gasteiger partial charge in [-0.15, -0.1) is 0 Å². The van der Waals surface area contributed by atoms with Gasteiger partial charge in [-0.25, -0.2) is 0 Å². The zero-order valence-electron chi connectivity index (χ0n) is 10.8.